The van der Waals surface area contributed by atoms with E-state index in [9.17, 15) is 4.79 Å². The van der Waals surface area contributed by atoms with Crippen LogP contribution in [0.5, 0.6) is 11.5 Å². The van der Waals surface area contributed by atoms with Crippen molar-refractivity contribution in [3.8, 4) is 23.8 Å². The third-order valence-corrected chi connectivity index (χ3v) is 3.63. The minimum absolute atomic E-state index is 0.0749. The maximum absolute atomic E-state index is 12.0. The van der Waals surface area contributed by atoms with Crippen molar-refractivity contribution in [1.82, 2.24) is 0 Å². The number of carbonyl (C=O) groups is 1. The average Bonchev–Trinajstić information content (AvgIpc) is 3.31. The predicted octanol–water partition coefficient (Wildman–Crippen LogP) is 2.75. The second-order valence-electron chi connectivity index (χ2n) is 5.29. The van der Waals surface area contributed by atoms with Crippen molar-refractivity contribution in [1.29, 1.82) is 0 Å². The van der Waals surface area contributed by atoms with Crippen LogP contribution in [0.4, 0.5) is 5.69 Å². The molecular formula is C16H17N3O3. The summed E-state index contributed by atoms with van der Waals surface area (Å²) >= 11 is 0. The monoisotopic (exact) mass is 299 g/mol. The third kappa shape index (κ3) is 3.37. The summed E-state index contributed by atoms with van der Waals surface area (Å²) in [6.07, 6.45) is 7.52. The molecule has 0 radical (unpaired) electrons. The Bertz CT molecular complexity index is 643. The summed E-state index contributed by atoms with van der Waals surface area (Å²) in [4.78, 5) is 12.0. The van der Waals surface area contributed by atoms with Gasteiger partial charge in [0, 0.05) is 37.4 Å². The lowest BCUT2D eigenvalue weighted by Gasteiger charge is -2.19. The number of amides is 1. The van der Waals surface area contributed by atoms with Gasteiger partial charge in [-0.05, 0) is 12.1 Å². The van der Waals surface area contributed by atoms with E-state index in [1.165, 1.54) is 0 Å². The first-order chi connectivity index (χ1) is 10.7. The minimum Gasteiger partial charge on any atom is -0.486 e. The van der Waals surface area contributed by atoms with E-state index < -0.39 is 5.66 Å². The Hall–Kier alpha value is -2.55. The molecule has 2 heterocycles. The Kier molecular flexibility index (Phi) is 3.96. The summed E-state index contributed by atoms with van der Waals surface area (Å²) in [5, 5.41) is 10.9. The van der Waals surface area contributed by atoms with Crippen LogP contribution >= 0.6 is 0 Å². The van der Waals surface area contributed by atoms with Crippen molar-refractivity contribution >= 4 is 11.6 Å². The fourth-order valence-electron chi connectivity index (χ4n) is 2.33. The van der Waals surface area contributed by atoms with Crippen LogP contribution in [0, 0.1) is 12.3 Å². The number of hydrogen-bond donors (Lipinski definition) is 1. The highest BCUT2D eigenvalue weighted by Crippen LogP contribution is 2.38. The van der Waals surface area contributed by atoms with Gasteiger partial charge < -0.3 is 14.8 Å². The van der Waals surface area contributed by atoms with E-state index in [4.69, 9.17) is 15.9 Å². The molecule has 1 aromatic rings. The Morgan fingerprint density at radius 3 is 2.77 bits per heavy atom. The van der Waals surface area contributed by atoms with E-state index in [0.717, 1.165) is 0 Å². The molecule has 0 saturated carbocycles. The zero-order valence-electron chi connectivity index (χ0n) is 12.2. The van der Waals surface area contributed by atoms with Gasteiger partial charge in [-0.15, -0.1) is 12.3 Å². The number of ether oxygens (including phenoxy) is 2. The number of anilines is 1. The topological polar surface area (TPSA) is 72.3 Å². The van der Waals surface area contributed by atoms with Crippen molar-refractivity contribution in [2.75, 3.05) is 18.5 Å². The molecule has 3 rings (SSSR count). The van der Waals surface area contributed by atoms with Crippen LogP contribution in [0.15, 0.2) is 28.4 Å². The van der Waals surface area contributed by atoms with Crippen LogP contribution in [0.3, 0.4) is 0 Å². The molecule has 0 bridgehead atoms. The van der Waals surface area contributed by atoms with Crippen LogP contribution in [0.25, 0.3) is 0 Å². The highest BCUT2D eigenvalue weighted by molar-refractivity contribution is 5.91. The Labute approximate surface area is 128 Å². The van der Waals surface area contributed by atoms with Crippen molar-refractivity contribution in [2.24, 2.45) is 10.2 Å². The van der Waals surface area contributed by atoms with E-state index >= 15 is 0 Å². The normalized spacial score (nSPS) is 16.7. The van der Waals surface area contributed by atoms with Crippen LogP contribution in [0.1, 0.15) is 25.7 Å². The van der Waals surface area contributed by atoms with Crippen LogP contribution in [0.2, 0.25) is 0 Å². The fourth-order valence-corrected chi connectivity index (χ4v) is 2.33. The number of terminal acetylenes is 1. The molecular weight excluding hydrogens is 282 g/mol. The number of nitrogens with one attached hydrogen (secondary N) is 1. The summed E-state index contributed by atoms with van der Waals surface area (Å²) in [6.45, 7) is 1.07. The number of fused-ring (bicyclic) bond motifs is 1. The van der Waals surface area contributed by atoms with E-state index in [1.807, 2.05) is 0 Å². The molecule has 6 heteroatoms. The average molecular weight is 299 g/mol. The smallest absolute Gasteiger partial charge is 0.224 e. The van der Waals surface area contributed by atoms with Crippen molar-refractivity contribution in [3.05, 3.63) is 18.2 Å². The minimum atomic E-state index is -0.420. The van der Waals surface area contributed by atoms with Crippen LogP contribution in [-0.2, 0) is 4.79 Å². The summed E-state index contributed by atoms with van der Waals surface area (Å²) in [6, 6.07) is 5.36. The van der Waals surface area contributed by atoms with Crippen molar-refractivity contribution in [2.45, 2.75) is 31.3 Å². The van der Waals surface area contributed by atoms with Crippen LogP contribution in [-0.4, -0.2) is 24.8 Å². The lowest BCUT2D eigenvalue weighted by molar-refractivity contribution is -0.116. The van der Waals surface area contributed by atoms with Gasteiger partial charge in [0.15, 0.2) is 17.2 Å². The maximum atomic E-state index is 12.0. The summed E-state index contributed by atoms with van der Waals surface area (Å²) in [5.74, 6) is 3.86. The van der Waals surface area contributed by atoms with E-state index in [1.54, 1.807) is 18.2 Å². The molecule has 22 heavy (non-hydrogen) atoms. The number of carbonyl (C=O) groups excluding carboxylic acids is 1. The highest BCUT2D eigenvalue weighted by atomic mass is 16.6. The highest BCUT2D eigenvalue weighted by Gasteiger charge is 2.39. The predicted molar refractivity (Wildman–Crippen MR) is 80.9 cm³/mol. The first-order valence-electron chi connectivity index (χ1n) is 7.28. The van der Waals surface area contributed by atoms with Gasteiger partial charge in [0.05, 0.1) is 0 Å². The zero-order valence-corrected chi connectivity index (χ0v) is 12.2. The van der Waals surface area contributed by atoms with Crippen molar-refractivity contribution in [3.63, 3.8) is 0 Å². The quantitative estimate of drug-likeness (QED) is 0.821. The molecule has 1 amide bonds. The van der Waals surface area contributed by atoms with Gasteiger partial charge in [-0.25, -0.2) is 0 Å². The summed E-state index contributed by atoms with van der Waals surface area (Å²) in [5.41, 5.74) is 0.271. The number of benzene rings is 1. The number of rotatable bonds is 6. The summed E-state index contributed by atoms with van der Waals surface area (Å²) in [7, 11) is 0. The zero-order chi connectivity index (χ0) is 15.4. The molecule has 1 aromatic carbocycles. The maximum Gasteiger partial charge on any atom is 0.224 e. The molecule has 0 spiro atoms. The largest absolute Gasteiger partial charge is 0.486 e. The van der Waals surface area contributed by atoms with E-state index in [0.29, 0.717) is 56.1 Å². The molecule has 0 unspecified atom stereocenters. The van der Waals surface area contributed by atoms with Gasteiger partial charge in [-0.1, -0.05) is 0 Å². The molecule has 2 aliphatic rings. The fraction of sp³-hybridized carbons (Fsp3) is 0.438. The van der Waals surface area contributed by atoms with Gasteiger partial charge in [-0.2, -0.15) is 10.2 Å². The molecule has 0 atom stereocenters. The molecule has 0 aromatic heterocycles. The summed E-state index contributed by atoms with van der Waals surface area (Å²) < 4.78 is 10.9. The lowest BCUT2D eigenvalue weighted by atomic mass is 10.0. The Balaban J connectivity index is 1.51. The van der Waals surface area contributed by atoms with Gasteiger partial charge in [0.25, 0.3) is 0 Å². The van der Waals surface area contributed by atoms with E-state index in [2.05, 4.69) is 21.5 Å². The Morgan fingerprint density at radius 2 is 2.05 bits per heavy atom. The molecule has 6 nitrogen and oxygen atoms in total. The van der Waals surface area contributed by atoms with E-state index in [-0.39, 0.29) is 5.91 Å². The lowest BCUT2D eigenvalue weighted by Crippen LogP contribution is -2.18. The van der Waals surface area contributed by atoms with Gasteiger partial charge in [-0.3, -0.25) is 4.79 Å². The molecule has 0 saturated heterocycles. The number of hydrogen-bond acceptors (Lipinski definition) is 5. The second kappa shape index (κ2) is 6.06. The van der Waals surface area contributed by atoms with Crippen LogP contribution < -0.4 is 14.8 Å². The SMILES string of the molecule is C#CCCC1(CCC(=O)Nc2ccc3c(c2)OCCO3)N=N1. The van der Waals surface area contributed by atoms with Gasteiger partial charge >= 0.3 is 0 Å². The molecule has 114 valence electrons. The first kappa shape index (κ1) is 14.4. The second-order valence-corrected chi connectivity index (χ2v) is 5.29. The molecule has 2 aliphatic heterocycles. The molecule has 0 aliphatic carbocycles. The van der Waals surface area contributed by atoms with Gasteiger partial charge in [0.2, 0.25) is 5.91 Å². The van der Waals surface area contributed by atoms with Gasteiger partial charge in [0.1, 0.15) is 13.2 Å². The third-order valence-electron chi connectivity index (χ3n) is 3.63. The molecule has 1 N–H and O–H groups in total. The number of nitrogens with zero attached hydrogens (tertiary/aromatic N) is 2. The first-order valence-corrected chi connectivity index (χ1v) is 7.28. The Morgan fingerprint density at radius 1 is 1.27 bits per heavy atom. The standard InChI is InChI=1S/C16H17N3O3/c1-2-3-7-16(18-19-16)8-6-15(20)17-12-4-5-13-14(11-12)22-10-9-21-13/h1,4-5,11H,3,6-10H2,(H,17,20). The molecule has 0 fully saturated rings. The van der Waals surface area contributed by atoms with Crippen molar-refractivity contribution < 1.29 is 14.3 Å².